The van der Waals surface area contributed by atoms with Gasteiger partial charge in [-0.15, -0.1) is 0 Å². The number of nitrogens with zero attached hydrogens (tertiary/aromatic N) is 1. The average molecular weight is 285 g/mol. The molecule has 21 heavy (non-hydrogen) atoms. The normalized spacial score (nSPS) is 21.3. The third kappa shape index (κ3) is 3.65. The topological polar surface area (TPSA) is 40.5 Å². The molecule has 1 saturated carbocycles. The first-order valence-electron chi connectivity index (χ1n) is 7.61. The maximum absolute atomic E-state index is 12.8. The minimum atomic E-state index is -0.196. The van der Waals surface area contributed by atoms with E-state index in [-0.39, 0.29) is 12.5 Å². The highest BCUT2D eigenvalue weighted by Gasteiger charge is 2.28. The van der Waals surface area contributed by atoms with E-state index >= 15 is 0 Å². The van der Waals surface area contributed by atoms with Crippen molar-refractivity contribution in [3.8, 4) is 11.8 Å². The molecule has 0 spiro atoms. The van der Waals surface area contributed by atoms with E-state index in [1.54, 1.807) is 0 Å². The summed E-state index contributed by atoms with van der Waals surface area (Å²) < 4.78 is 0. The molecule has 1 aromatic carbocycles. The minimum absolute atomic E-state index is 0.0246. The molecule has 1 aromatic rings. The largest absolute Gasteiger partial charge is 0.384 e. The molecule has 3 nitrogen and oxygen atoms in total. The number of rotatable bonds is 2. The summed E-state index contributed by atoms with van der Waals surface area (Å²) in [5, 5.41) is 8.84. The number of hydrogen-bond acceptors (Lipinski definition) is 2. The summed E-state index contributed by atoms with van der Waals surface area (Å²) in [5.74, 6) is 6.06. The van der Waals surface area contributed by atoms with Crippen molar-refractivity contribution in [2.24, 2.45) is 5.92 Å². The highest BCUT2D eigenvalue weighted by molar-refractivity contribution is 5.96. The Kier molecular flexibility index (Phi) is 5.41. The Morgan fingerprint density at radius 3 is 2.76 bits per heavy atom. The summed E-state index contributed by atoms with van der Waals surface area (Å²) in [6.07, 6.45) is 4.72. The lowest BCUT2D eigenvalue weighted by molar-refractivity contribution is 0.0628. The number of carbonyl (C=O) groups is 1. The van der Waals surface area contributed by atoms with Crippen LogP contribution in [0.1, 0.15) is 48.5 Å². The molecule has 2 rings (SSSR count). The van der Waals surface area contributed by atoms with E-state index in [9.17, 15) is 4.79 Å². The first-order chi connectivity index (χ1) is 10.1. The third-order valence-electron chi connectivity index (χ3n) is 4.34. The lowest BCUT2D eigenvalue weighted by Crippen LogP contribution is -2.42. The lowest BCUT2D eigenvalue weighted by Gasteiger charge is -2.36. The van der Waals surface area contributed by atoms with E-state index in [0.717, 1.165) is 6.42 Å². The lowest BCUT2D eigenvalue weighted by atomic mass is 9.85. The Balaban J connectivity index is 2.23. The van der Waals surface area contributed by atoms with Gasteiger partial charge in [0.1, 0.15) is 6.61 Å². The quantitative estimate of drug-likeness (QED) is 0.849. The number of carbonyl (C=O) groups excluding carboxylic acids is 1. The number of benzene rings is 1. The molecule has 1 fully saturated rings. The zero-order chi connectivity index (χ0) is 15.2. The van der Waals surface area contributed by atoms with Crippen LogP contribution in [-0.2, 0) is 0 Å². The number of aliphatic hydroxyl groups is 1. The second-order valence-corrected chi connectivity index (χ2v) is 5.75. The van der Waals surface area contributed by atoms with Crippen LogP contribution in [0.4, 0.5) is 0 Å². The molecule has 0 aliphatic heterocycles. The van der Waals surface area contributed by atoms with Gasteiger partial charge in [-0.3, -0.25) is 4.79 Å². The van der Waals surface area contributed by atoms with Crippen LogP contribution in [0.3, 0.4) is 0 Å². The van der Waals surface area contributed by atoms with Gasteiger partial charge in [0.2, 0.25) is 0 Å². The van der Waals surface area contributed by atoms with E-state index in [2.05, 4.69) is 18.8 Å². The van der Waals surface area contributed by atoms with Crippen LogP contribution in [0.2, 0.25) is 0 Å². The van der Waals surface area contributed by atoms with Gasteiger partial charge >= 0.3 is 0 Å². The van der Waals surface area contributed by atoms with Crippen molar-refractivity contribution in [3.63, 3.8) is 0 Å². The molecule has 0 aromatic heterocycles. The predicted octanol–water partition coefficient (Wildman–Crippen LogP) is 2.68. The minimum Gasteiger partial charge on any atom is -0.384 e. The number of aliphatic hydroxyl groups excluding tert-OH is 1. The van der Waals surface area contributed by atoms with Crippen LogP contribution in [0, 0.1) is 17.8 Å². The highest BCUT2D eigenvalue weighted by atomic mass is 16.2. The van der Waals surface area contributed by atoms with Crippen LogP contribution < -0.4 is 0 Å². The van der Waals surface area contributed by atoms with Gasteiger partial charge in [-0.25, -0.2) is 0 Å². The summed E-state index contributed by atoms with van der Waals surface area (Å²) in [6.45, 7) is 2.03. The molecule has 1 N–H and O–H groups in total. The van der Waals surface area contributed by atoms with E-state index in [4.69, 9.17) is 5.11 Å². The van der Waals surface area contributed by atoms with Crippen LogP contribution in [-0.4, -0.2) is 35.6 Å². The molecule has 112 valence electrons. The fourth-order valence-corrected chi connectivity index (χ4v) is 3.13. The van der Waals surface area contributed by atoms with Gasteiger partial charge in [-0.2, -0.15) is 0 Å². The number of hydrogen-bond donors (Lipinski definition) is 1. The maximum atomic E-state index is 12.8. The Morgan fingerprint density at radius 1 is 1.33 bits per heavy atom. The SMILES string of the molecule is CC1CCCCC1N(C)C(=O)c1ccccc1C#CCO. The first kappa shape index (κ1) is 15.6. The summed E-state index contributed by atoms with van der Waals surface area (Å²) in [4.78, 5) is 14.6. The fourth-order valence-electron chi connectivity index (χ4n) is 3.13. The fraction of sp³-hybridized carbons (Fsp3) is 0.500. The Labute approximate surface area is 127 Å². The first-order valence-corrected chi connectivity index (χ1v) is 7.61. The van der Waals surface area contributed by atoms with Crippen molar-refractivity contribution < 1.29 is 9.90 Å². The molecule has 2 unspecified atom stereocenters. The van der Waals surface area contributed by atoms with Crippen molar-refractivity contribution in [2.45, 2.75) is 38.6 Å². The average Bonchev–Trinajstić information content (AvgIpc) is 2.52. The molecule has 1 aliphatic rings. The third-order valence-corrected chi connectivity index (χ3v) is 4.34. The van der Waals surface area contributed by atoms with Crippen LogP contribution >= 0.6 is 0 Å². The Bertz CT molecular complexity index is 556. The molecule has 2 atom stereocenters. The van der Waals surface area contributed by atoms with E-state index in [1.165, 1.54) is 19.3 Å². The smallest absolute Gasteiger partial charge is 0.255 e. The zero-order valence-corrected chi connectivity index (χ0v) is 12.8. The van der Waals surface area contributed by atoms with Gasteiger partial charge in [-0.05, 0) is 30.9 Å². The molecule has 0 saturated heterocycles. The molecule has 0 radical (unpaired) electrons. The number of amides is 1. The predicted molar refractivity (Wildman–Crippen MR) is 83.9 cm³/mol. The van der Waals surface area contributed by atoms with Crippen LogP contribution in [0.15, 0.2) is 24.3 Å². The van der Waals surface area contributed by atoms with Gasteiger partial charge in [0.05, 0.1) is 5.56 Å². The monoisotopic (exact) mass is 285 g/mol. The van der Waals surface area contributed by atoms with E-state index in [0.29, 0.717) is 23.1 Å². The molecular weight excluding hydrogens is 262 g/mol. The summed E-state index contributed by atoms with van der Waals surface area (Å²) >= 11 is 0. The van der Waals surface area contributed by atoms with Crippen molar-refractivity contribution in [1.29, 1.82) is 0 Å². The summed E-state index contributed by atoms with van der Waals surface area (Å²) in [6, 6.07) is 7.67. The maximum Gasteiger partial charge on any atom is 0.255 e. The van der Waals surface area contributed by atoms with E-state index < -0.39 is 0 Å². The van der Waals surface area contributed by atoms with Crippen molar-refractivity contribution in [3.05, 3.63) is 35.4 Å². The molecule has 1 amide bonds. The summed E-state index contributed by atoms with van der Waals surface area (Å²) in [7, 11) is 1.89. The zero-order valence-electron chi connectivity index (χ0n) is 12.8. The van der Waals surface area contributed by atoms with Crippen molar-refractivity contribution >= 4 is 5.91 Å². The van der Waals surface area contributed by atoms with E-state index in [1.807, 2.05) is 36.2 Å². The van der Waals surface area contributed by atoms with Gasteiger partial charge < -0.3 is 10.0 Å². The Hall–Kier alpha value is -1.79. The summed E-state index contributed by atoms with van der Waals surface area (Å²) in [5.41, 5.74) is 1.31. The molecule has 0 bridgehead atoms. The second-order valence-electron chi connectivity index (χ2n) is 5.75. The second kappa shape index (κ2) is 7.28. The Morgan fingerprint density at radius 2 is 2.05 bits per heavy atom. The molecule has 1 aliphatic carbocycles. The molecular formula is C18H23NO2. The molecule has 3 heteroatoms. The van der Waals surface area contributed by atoms with Crippen LogP contribution in [0.25, 0.3) is 0 Å². The van der Waals surface area contributed by atoms with Crippen molar-refractivity contribution in [1.82, 2.24) is 4.90 Å². The highest BCUT2D eigenvalue weighted by Crippen LogP contribution is 2.28. The van der Waals surface area contributed by atoms with Gasteiger partial charge in [0.25, 0.3) is 5.91 Å². The van der Waals surface area contributed by atoms with Gasteiger partial charge in [0, 0.05) is 18.7 Å². The van der Waals surface area contributed by atoms with Crippen LogP contribution in [0.5, 0.6) is 0 Å². The van der Waals surface area contributed by atoms with Gasteiger partial charge in [0.15, 0.2) is 0 Å². The van der Waals surface area contributed by atoms with Gasteiger partial charge in [-0.1, -0.05) is 43.7 Å². The standard InChI is InChI=1S/C18H23NO2/c1-14-8-3-6-12-17(14)19(2)18(21)16-11-5-4-9-15(16)10-7-13-20/h4-5,9,11,14,17,20H,3,6,8,12-13H2,1-2H3. The molecule has 0 heterocycles. The van der Waals surface area contributed by atoms with Crippen molar-refractivity contribution in [2.75, 3.05) is 13.7 Å².